The number of rotatable bonds is 13. The highest BCUT2D eigenvalue weighted by atomic mass is 35.5. The molecule has 0 saturated carbocycles. The number of carboxylic acid groups (broad SMARTS) is 1. The van der Waals surface area contributed by atoms with Crippen molar-refractivity contribution in [2.75, 3.05) is 10.6 Å². The minimum atomic E-state index is -1.13. The maximum absolute atomic E-state index is 13.5. The Hall–Kier alpha value is -5.84. The number of ether oxygens (including phenoxy) is 1. The van der Waals surface area contributed by atoms with Gasteiger partial charge < -0.3 is 25.8 Å². The van der Waals surface area contributed by atoms with E-state index in [1.54, 1.807) is 91.9 Å². The number of carbonyl (C=O) groups is 4. The van der Waals surface area contributed by atoms with Crippen LogP contribution < -0.4 is 20.7 Å². The number of carboxylic acids is 1. The van der Waals surface area contributed by atoms with Crippen LogP contribution in [0.1, 0.15) is 38.8 Å². The number of halogens is 1. The average molecular weight is 706 g/mol. The molecule has 0 bridgehead atoms. The molecule has 0 spiro atoms. The lowest BCUT2D eigenvalue weighted by atomic mass is 10.1. The van der Waals surface area contributed by atoms with Crippen molar-refractivity contribution in [2.45, 2.75) is 23.7 Å². The third-order valence-corrected chi connectivity index (χ3v) is 8.68. The molecule has 5 aromatic carbocycles. The molecule has 0 aromatic heterocycles. The molecule has 0 aliphatic rings. The molecule has 252 valence electrons. The zero-order valence-corrected chi connectivity index (χ0v) is 28.3. The molecule has 5 aromatic rings. The Morgan fingerprint density at radius 1 is 0.800 bits per heavy atom. The van der Waals surface area contributed by atoms with Crippen LogP contribution in [-0.4, -0.2) is 34.0 Å². The molecule has 0 aliphatic carbocycles. The molecule has 50 heavy (non-hydrogen) atoms. The van der Waals surface area contributed by atoms with Crippen LogP contribution in [0.2, 0.25) is 5.02 Å². The lowest BCUT2D eigenvalue weighted by Gasteiger charge is -2.14. The lowest BCUT2D eigenvalue weighted by Crippen LogP contribution is -2.30. The first-order chi connectivity index (χ1) is 24.1. The van der Waals surface area contributed by atoms with E-state index < -0.39 is 23.0 Å². The number of hydrogen-bond donors (Lipinski definition) is 4. The number of aromatic carboxylic acids is 1. The summed E-state index contributed by atoms with van der Waals surface area (Å²) < 4.78 is 5.87. The van der Waals surface area contributed by atoms with Gasteiger partial charge in [0.25, 0.3) is 11.8 Å². The third kappa shape index (κ3) is 10.1. The second-order valence-electron chi connectivity index (χ2n) is 10.9. The van der Waals surface area contributed by atoms with Gasteiger partial charge in [0, 0.05) is 16.1 Å². The fourth-order valence-corrected chi connectivity index (χ4v) is 5.60. The summed E-state index contributed by atoms with van der Waals surface area (Å²) in [6.45, 7) is 2.12. The Morgan fingerprint density at radius 3 is 2.12 bits per heavy atom. The molecule has 0 radical (unpaired) electrons. The average Bonchev–Trinajstić information content (AvgIpc) is 3.13. The van der Waals surface area contributed by atoms with E-state index in [1.165, 1.54) is 30.0 Å². The maximum atomic E-state index is 13.5. The number of benzene rings is 5. The summed E-state index contributed by atoms with van der Waals surface area (Å²) in [6, 6.07) is 36.5. The number of thioether (sulfide) groups is 1. The molecule has 3 amide bonds. The Morgan fingerprint density at radius 2 is 1.46 bits per heavy atom. The Bertz CT molecular complexity index is 2000. The van der Waals surface area contributed by atoms with E-state index in [-0.39, 0.29) is 27.9 Å². The van der Waals surface area contributed by atoms with E-state index in [4.69, 9.17) is 16.3 Å². The van der Waals surface area contributed by atoms with E-state index in [0.29, 0.717) is 29.2 Å². The van der Waals surface area contributed by atoms with Crippen molar-refractivity contribution in [1.82, 2.24) is 5.32 Å². The molecule has 0 fully saturated rings. The standard InChI is InChI=1S/C39H32ClN3O6S/c1-25(36(44)42-34-23-29(39(47)48)14-21-33(34)40)50-32-19-15-30(16-20-32)41-38(46)35(43-37(45)28-10-6-3-7-11-28)22-26-12-17-31(18-13-26)49-24-27-8-4-2-5-9-27/h2-23,25H,24H2,1H3,(H,41,46)(H,42,44)(H,43,45)(H,47,48)/b35-22-. The monoisotopic (exact) mass is 705 g/mol. The zero-order valence-electron chi connectivity index (χ0n) is 26.8. The topological polar surface area (TPSA) is 134 Å². The van der Waals surface area contributed by atoms with Crippen LogP contribution in [0.15, 0.2) is 138 Å². The molecule has 11 heteroatoms. The molecule has 0 aliphatic heterocycles. The van der Waals surface area contributed by atoms with Crippen LogP contribution in [-0.2, 0) is 16.2 Å². The first-order valence-corrected chi connectivity index (χ1v) is 16.7. The smallest absolute Gasteiger partial charge is 0.335 e. The number of amides is 3. The second-order valence-corrected chi connectivity index (χ2v) is 12.8. The summed E-state index contributed by atoms with van der Waals surface area (Å²) in [4.78, 5) is 51.4. The molecule has 1 unspecified atom stereocenters. The third-order valence-electron chi connectivity index (χ3n) is 7.23. The van der Waals surface area contributed by atoms with Crippen LogP contribution in [0.3, 0.4) is 0 Å². The summed E-state index contributed by atoms with van der Waals surface area (Å²) in [7, 11) is 0. The van der Waals surface area contributed by atoms with Crippen molar-refractivity contribution in [3.8, 4) is 5.75 Å². The van der Waals surface area contributed by atoms with Crippen LogP contribution in [0.25, 0.3) is 6.08 Å². The Labute approximate surface area is 298 Å². The predicted molar refractivity (Wildman–Crippen MR) is 197 cm³/mol. The molecular weight excluding hydrogens is 674 g/mol. The summed E-state index contributed by atoms with van der Waals surface area (Å²) in [5.41, 5.74) is 2.82. The first kappa shape index (κ1) is 35.5. The fraction of sp³-hybridized carbons (Fsp3) is 0.0769. The molecule has 0 saturated heterocycles. The van der Waals surface area contributed by atoms with Gasteiger partial charge in [-0.25, -0.2) is 4.79 Å². The van der Waals surface area contributed by atoms with E-state index >= 15 is 0 Å². The van der Waals surface area contributed by atoms with Gasteiger partial charge in [0.15, 0.2) is 0 Å². The Balaban J connectivity index is 1.24. The highest BCUT2D eigenvalue weighted by molar-refractivity contribution is 8.00. The van der Waals surface area contributed by atoms with Crippen LogP contribution in [0.4, 0.5) is 11.4 Å². The summed E-state index contributed by atoms with van der Waals surface area (Å²) in [6.07, 6.45) is 1.58. The van der Waals surface area contributed by atoms with Gasteiger partial charge in [-0.3, -0.25) is 14.4 Å². The van der Waals surface area contributed by atoms with Crippen LogP contribution >= 0.6 is 23.4 Å². The van der Waals surface area contributed by atoms with Gasteiger partial charge in [0.05, 0.1) is 21.5 Å². The van der Waals surface area contributed by atoms with Gasteiger partial charge in [-0.2, -0.15) is 0 Å². The van der Waals surface area contributed by atoms with Crippen LogP contribution in [0, 0.1) is 0 Å². The summed E-state index contributed by atoms with van der Waals surface area (Å²) in [5.74, 6) is -1.81. The molecular formula is C39H32ClN3O6S. The van der Waals surface area contributed by atoms with Gasteiger partial charge in [-0.1, -0.05) is 72.3 Å². The minimum absolute atomic E-state index is 0.00214. The minimum Gasteiger partial charge on any atom is -0.489 e. The second kappa shape index (κ2) is 17.0. The van der Waals surface area contributed by atoms with Crippen molar-refractivity contribution in [3.05, 3.63) is 160 Å². The normalized spacial score (nSPS) is 11.6. The summed E-state index contributed by atoms with van der Waals surface area (Å²) >= 11 is 7.42. The largest absolute Gasteiger partial charge is 0.489 e. The SMILES string of the molecule is CC(Sc1ccc(NC(=O)/C(=C/c2ccc(OCc3ccccc3)cc2)NC(=O)c2ccccc2)cc1)C(=O)Nc1cc(C(=O)O)ccc1Cl. The van der Waals surface area contributed by atoms with Gasteiger partial charge in [-0.15, -0.1) is 11.8 Å². The number of hydrogen-bond acceptors (Lipinski definition) is 6. The predicted octanol–water partition coefficient (Wildman–Crippen LogP) is 8.15. The lowest BCUT2D eigenvalue weighted by molar-refractivity contribution is -0.115. The van der Waals surface area contributed by atoms with Crippen molar-refractivity contribution in [2.24, 2.45) is 0 Å². The van der Waals surface area contributed by atoms with Crippen molar-refractivity contribution in [3.63, 3.8) is 0 Å². The van der Waals surface area contributed by atoms with E-state index in [0.717, 1.165) is 10.5 Å². The molecule has 4 N–H and O–H groups in total. The zero-order chi connectivity index (χ0) is 35.5. The van der Waals surface area contributed by atoms with Gasteiger partial charge >= 0.3 is 5.97 Å². The maximum Gasteiger partial charge on any atom is 0.335 e. The van der Waals surface area contributed by atoms with E-state index in [1.807, 2.05) is 30.3 Å². The molecule has 1 atom stereocenters. The first-order valence-electron chi connectivity index (χ1n) is 15.4. The van der Waals surface area contributed by atoms with Crippen molar-refractivity contribution < 1.29 is 29.0 Å². The van der Waals surface area contributed by atoms with E-state index in [2.05, 4.69) is 16.0 Å². The molecule has 0 heterocycles. The number of nitrogens with one attached hydrogen (secondary N) is 3. The number of carbonyl (C=O) groups excluding carboxylic acids is 3. The van der Waals surface area contributed by atoms with E-state index in [9.17, 15) is 24.3 Å². The van der Waals surface area contributed by atoms with Crippen molar-refractivity contribution >= 4 is 64.5 Å². The van der Waals surface area contributed by atoms with Crippen molar-refractivity contribution in [1.29, 1.82) is 0 Å². The van der Waals surface area contributed by atoms with Gasteiger partial charge in [-0.05, 0) is 90.9 Å². The quantitative estimate of drug-likeness (QED) is 0.0718. The summed E-state index contributed by atoms with van der Waals surface area (Å²) in [5, 5.41) is 17.1. The van der Waals surface area contributed by atoms with Gasteiger partial charge in [0.1, 0.15) is 18.1 Å². The molecule has 9 nitrogen and oxygen atoms in total. The molecule has 5 rings (SSSR count). The fourth-order valence-electron chi connectivity index (χ4n) is 4.57. The highest BCUT2D eigenvalue weighted by Gasteiger charge is 2.18. The van der Waals surface area contributed by atoms with Crippen LogP contribution in [0.5, 0.6) is 5.75 Å². The Kier molecular flexibility index (Phi) is 12.1. The van der Waals surface area contributed by atoms with Gasteiger partial charge in [0.2, 0.25) is 5.91 Å². The highest BCUT2D eigenvalue weighted by Crippen LogP contribution is 2.28. The number of anilines is 2.